The maximum Gasteiger partial charge on any atom is 0.412 e. The van der Waals surface area contributed by atoms with Gasteiger partial charge in [0.1, 0.15) is 0 Å². The number of amides is 1. The molecular formula is C21H23NO4S. The molecule has 27 heavy (non-hydrogen) atoms. The normalized spacial score (nSPS) is 15.9. The summed E-state index contributed by atoms with van der Waals surface area (Å²) in [5.41, 5.74) is 3.21. The van der Waals surface area contributed by atoms with E-state index in [9.17, 15) is 18.3 Å². The largest absolute Gasteiger partial charge is 0.465 e. The number of carboxylic acid groups (broad SMARTS) is 1. The number of aryl methyl sites for hydroxylation is 1. The minimum absolute atomic E-state index is 0.132. The molecule has 0 aromatic heterocycles. The number of hydrogen-bond donors (Lipinski definition) is 1. The molecule has 0 aliphatic carbocycles. The van der Waals surface area contributed by atoms with Crippen LogP contribution in [0, 0.1) is 6.92 Å². The van der Waals surface area contributed by atoms with Gasteiger partial charge in [0.05, 0.1) is 21.9 Å². The Kier molecular flexibility index (Phi) is 4.64. The van der Waals surface area contributed by atoms with Crippen LogP contribution < -0.4 is 4.90 Å². The number of benzene rings is 2. The van der Waals surface area contributed by atoms with Crippen LogP contribution in [-0.2, 0) is 15.6 Å². The van der Waals surface area contributed by atoms with E-state index in [1.165, 1.54) is 4.90 Å². The van der Waals surface area contributed by atoms with Crippen molar-refractivity contribution in [2.24, 2.45) is 0 Å². The molecule has 1 aliphatic rings. The summed E-state index contributed by atoms with van der Waals surface area (Å²) in [6.45, 7) is 7.50. The summed E-state index contributed by atoms with van der Waals surface area (Å²) in [6, 6.07) is 11.9. The molecule has 0 radical (unpaired) electrons. The Hall–Kier alpha value is -2.60. The monoisotopic (exact) mass is 385 g/mol. The Morgan fingerprint density at radius 1 is 1.07 bits per heavy atom. The fraction of sp³-hybridized carbons (Fsp3) is 0.286. The van der Waals surface area contributed by atoms with E-state index in [4.69, 9.17) is 0 Å². The lowest BCUT2D eigenvalue weighted by molar-refractivity contribution is 0.197. The van der Waals surface area contributed by atoms with Crippen molar-refractivity contribution in [3.05, 3.63) is 65.2 Å². The number of sulfone groups is 1. The lowest BCUT2D eigenvalue weighted by Crippen LogP contribution is -2.48. The standard InChI is InChI=1S/C21H23NO4S/c1-14-5-8-17(9-6-14)27(25,26)13-16-7-10-19-18(11-16)15(2)12-21(3,4)22(19)20(23)24/h5-12H,13H2,1-4H3,(H,23,24). The summed E-state index contributed by atoms with van der Waals surface area (Å²) >= 11 is 0. The van der Waals surface area contributed by atoms with E-state index in [0.29, 0.717) is 11.3 Å². The predicted molar refractivity (Wildman–Crippen MR) is 107 cm³/mol. The van der Waals surface area contributed by atoms with Crippen LogP contribution in [0.2, 0.25) is 0 Å². The van der Waals surface area contributed by atoms with E-state index in [-0.39, 0.29) is 10.6 Å². The molecule has 0 saturated heterocycles. The Morgan fingerprint density at radius 2 is 1.70 bits per heavy atom. The van der Waals surface area contributed by atoms with Crippen LogP contribution in [0.3, 0.4) is 0 Å². The van der Waals surface area contributed by atoms with Crippen molar-refractivity contribution in [1.29, 1.82) is 0 Å². The molecule has 0 atom stereocenters. The zero-order valence-electron chi connectivity index (χ0n) is 15.9. The molecule has 0 fully saturated rings. The van der Waals surface area contributed by atoms with E-state index in [1.54, 1.807) is 42.5 Å². The maximum absolute atomic E-state index is 12.7. The topological polar surface area (TPSA) is 74.7 Å². The Labute approximate surface area is 159 Å². The van der Waals surface area contributed by atoms with Gasteiger partial charge in [-0.1, -0.05) is 29.8 Å². The van der Waals surface area contributed by atoms with E-state index in [2.05, 4.69) is 0 Å². The highest BCUT2D eigenvalue weighted by Crippen LogP contribution is 2.39. The lowest BCUT2D eigenvalue weighted by Gasteiger charge is -2.39. The molecule has 1 aliphatic heterocycles. The Balaban J connectivity index is 2.00. The summed E-state index contributed by atoms with van der Waals surface area (Å²) in [5, 5.41) is 9.63. The van der Waals surface area contributed by atoms with Gasteiger partial charge in [-0.25, -0.2) is 13.2 Å². The van der Waals surface area contributed by atoms with Crippen molar-refractivity contribution in [3.63, 3.8) is 0 Å². The molecular weight excluding hydrogens is 362 g/mol. The second-order valence-electron chi connectivity index (χ2n) is 7.52. The SMILES string of the molecule is CC1=CC(C)(C)N(C(=O)O)c2ccc(CS(=O)(=O)c3ccc(C)cc3)cc21. The zero-order chi connectivity index (χ0) is 20.0. The molecule has 1 N–H and O–H groups in total. The molecule has 0 spiro atoms. The summed E-state index contributed by atoms with van der Waals surface area (Å²) in [7, 11) is -3.48. The smallest absolute Gasteiger partial charge is 0.412 e. The van der Waals surface area contributed by atoms with Gasteiger partial charge in [0.25, 0.3) is 0 Å². The van der Waals surface area contributed by atoms with E-state index < -0.39 is 21.5 Å². The molecule has 0 bridgehead atoms. The molecule has 0 unspecified atom stereocenters. The number of carbonyl (C=O) groups is 1. The van der Waals surface area contributed by atoms with Gasteiger partial charge in [0.15, 0.2) is 9.84 Å². The fourth-order valence-corrected chi connectivity index (χ4v) is 4.90. The first-order valence-corrected chi connectivity index (χ1v) is 10.3. The van der Waals surface area contributed by atoms with Crippen LogP contribution in [0.5, 0.6) is 0 Å². The van der Waals surface area contributed by atoms with Gasteiger partial charge >= 0.3 is 6.09 Å². The van der Waals surface area contributed by atoms with Gasteiger partial charge in [-0.2, -0.15) is 0 Å². The minimum atomic E-state index is -3.48. The van der Waals surface area contributed by atoms with Crippen molar-refractivity contribution in [2.75, 3.05) is 4.90 Å². The van der Waals surface area contributed by atoms with Gasteiger partial charge in [-0.3, -0.25) is 4.90 Å². The predicted octanol–water partition coefficient (Wildman–Crippen LogP) is 4.65. The number of allylic oxidation sites excluding steroid dienone is 1. The first-order valence-electron chi connectivity index (χ1n) is 8.66. The van der Waals surface area contributed by atoms with Crippen LogP contribution in [0.4, 0.5) is 10.5 Å². The molecule has 0 saturated carbocycles. The molecule has 2 aromatic rings. The highest BCUT2D eigenvalue weighted by molar-refractivity contribution is 7.90. The number of anilines is 1. The lowest BCUT2D eigenvalue weighted by atomic mass is 9.88. The third-order valence-corrected chi connectivity index (χ3v) is 6.50. The fourth-order valence-electron chi connectivity index (χ4n) is 3.56. The average Bonchev–Trinajstić information content (AvgIpc) is 2.54. The van der Waals surface area contributed by atoms with Crippen LogP contribution in [0.1, 0.15) is 37.5 Å². The highest BCUT2D eigenvalue weighted by atomic mass is 32.2. The molecule has 5 nitrogen and oxygen atoms in total. The summed E-state index contributed by atoms with van der Waals surface area (Å²) in [5.74, 6) is -0.132. The van der Waals surface area contributed by atoms with E-state index in [1.807, 2.05) is 33.8 Å². The maximum atomic E-state index is 12.7. The molecule has 1 heterocycles. The van der Waals surface area contributed by atoms with Gasteiger partial charge < -0.3 is 5.11 Å². The number of fused-ring (bicyclic) bond motifs is 1. The number of hydrogen-bond acceptors (Lipinski definition) is 3. The highest BCUT2D eigenvalue weighted by Gasteiger charge is 2.36. The first kappa shape index (κ1) is 19.2. The van der Waals surface area contributed by atoms with Gasteiger partial charge in [0.2, 0.25) is 0 Å². The van der Waals surface area contributed by atoms with Crippen molar-refractivity contribution >= 4 is 27.2 Å². The molecule has 1 amide bonds. The molecule has 2 aromatic carbocycles. The summed E-state index contributed by atoms with van der Waals surface area (Å²) in [6.07, 6.45) is 0.854. The number of nitrogens with zero attached hydrogens (tertiary/aromatic N) is 1. The van der Waals surface area contributed by atoms with Crippen molar-refractivity contribution < 1.29 is 18.3 Å². The van der Waals surface area contributed by atoms with Crippen LogP contribution in [-0.4, -0.2) is 25.2 Å². The zero-order valence-corrected chi connectivity index (χ0v) is 16.7. The quantitative estimate of drug-likeness (QED) is 0.835. The Bertz CT molecular complexity index is 1030. The van der Waals surface area contributed by atoms with Crippen molar-refractivity contribution in [2.45, 2.75) is 43.9 Å². The molecule has 3 rings (SSSR count). The van der Waals surface area contributed by atoms with Crippen molar-refractivity contribution in [1.82, 2.24) is 0 Å². The van der Waals surface area contributed by atoms with Gasteiger partial charge in [0, 0.05) is 5.56 Å². The first-order chi connectivity index (χ1) is 12.5. The van der Waals surface area contributed by atoms with E-state index >= 15 is 0 Å². The molecule has 142 valence electrons. The average molecular weight is 385 g/mol. The van der Waals surface area contributed by atoms with Gasteiger partial charge in [-0.05, 0) is 63.1 Å². The molecule has 6 heteroatoms. The van der Waals surface area contributed by atoms with Crippen LogP contribution in [0.15, 0.2) is 53.4 Å². The third kappa shape index (κ3) is 3.62. The second-order valence-corrected chi connectivity index (χ2v) is 9.51. The Morgan fingerprint density at radius 3 is 2.30 bits per heavy atom. The third-order valence-electron chi connectivity index (χ3n) is 4.80. The summed E-state index contributed by atoms with van der Waals surface area (Å²) in [4.78, 5) is 13.4. The second kappa shape index (κ2) is 6.53. The number of rotatable bonds is 3. The van der Waals surface area contributed by atoms with Crippen molar-refractivity contribution in [3.8, 4) is 0 Å². The van der Waals surface area contributed by atoms with Crippen LogP contribution >= 0.6 is 0 Å². The van der Waals surface area contributed by atoms with E-state index in [0.717, 1.165) is 16.7 Å². The van der Waals surface area contributed by atoms with Crippen LogP contribution in [0.25, 0.3) is 5.57 Å². The minimum Gasteiger partial charge on any atom is -0.465 e. The van der Waals surface area contributed by atoms with Gasteiger partial charge in [-0.15, -0.1) is 0 Å². The summed E-state index contributed by atoms with van der Waals surface area (Å²) < 4.78 is 25.4.